The first-order valence-corrected chi connectivity index (χ1v) is 10.8. The molecule has 28 heavy (non-hydrogen) atoms. The predicted molar refractivity (Wildman–Crippen MR) is 116 cm³/mol. The number of hydrogen-bond donors (Lipinski definition) is 1. The molecule has 0 amide bonds. The Morgan fingerprint density at radius 1 is 1.04 bits per heavy atom. The molecule has 1 fully saturated rings. The van der Waals surface area contributed by atoms with E-state index in [0.717, 1.165) is 42.8 Å². The van der Waals surface area contributed by atoms with Crippen LogP contribution in [0, 0.1) is 0 Å². The molecule has 0 bridgehead atoms. The molecule has 0 radical (unpaired) electrons. The second kappa shape index (κ2) is 8.43. The topological polar surface area (TPSA) is 62.3 Å². The maximum atomic E-state index is 13.2. The Kier molecular flexibility index (Phi) is 6.37. The van der Waals surface area contributed by atoms with Crippen LogP contribution in [-0.4, -0.2) is 39.6 Å². The number of benzene rings is 2. The fourth-order valence-corrected chi connectivity index (χ4v) is 5.32. The van der Waals surface area contributed by atoms with E-state index in [2.05, 4.69) is 15.2 Å². The summed E-state index contributed by atoms with van der Waals surface area (Å²) in [6.45, 7) is 3.49. The summed E-state index contributed by atoms with van der Waals surface area (Å²) in [4.78, 5) is 6.79. The molecule has 9 heteroatoms. The maximum Gasteiger partial charge on any atom is 0.208 e. The molecule has 1 aromatic heterocycles. The molecule has 0 saturated carbocycles. The number of hydrogen-bond acceptors (Lipinski definition) is 5. The number of rotatable bonds is 3. The van der Waals surface area contributed by atoms with Gasteiger partial charge in [-0.05, 0) is 36.4 Å². The molecule has 3 aromatic rings. The van der Waals surface area contributed by atoms with Gasteiger partial charge in [-0.15, -0.1) is 12.4 Å². The van der Waals surface area contributed by atoms with Crippen molar-refractivity contribution in [2.45, 2.75) is 9.79 Å². The number of nitrogens with one attached hydrogen (secondary N) is 1. The van der Waals surface area contributed by atoms with Crippen molar-refractivity contribution in [3.8, 4) is 0 Å². The van der Waals surface area contributed by atoms with E-state index < -0.39 is 9.84 Å². The predicted octanol–water partition coefficient (Wildman–Crippen LogP) is 4.21. The van der Waals surface area contributed by atoms with E-state index in [0.29, 0.717) is 0 Å². The van der Waals surface area contributed by atoms with Crippen molar-refractivity contribution in [3.63, 3.8) is 0 Å². The van der Waals surface area contributed by atoms with E-state index >= 15 is 0 Å². The van der Waals surface area contributed by atoms with Gasteiger partial charge in [-0.1, -0.05) is 29.3 Å². The van der Waals surface area contributed by atoms with Gasteiger partial charge in [0.2, 0.25) is 9.84 Å². The molecular formula is C19H18Cl3N3O2S. The highest BCUT2D eigenvalue weighted by Gasteiger charge is 2.23. The fourth-order valence-electron chi connectivity index (χ4n) is 3.28. The summed E-state index contributed by atoms with van der Waals surface area (Å²) in [5.74, 6) is 0. The highest BCUT2D eigenvalue weighted by molar-refractivity contribution is 7.91. The molecule has 2 heterocycles. The number of piperazine rings is 1. The molecule has 0 atom stereocenters. The zero-order valence-corrected chi connectivity index (χ0v) is 17.9. The summed E-state index contributed by atoms with van der Waals surface area (Å²) in [5.41, 5.74) is 1.73. The first kappa shape index (κ1) is 21.1. The van der Waals surface area contributed by atoms with Gasteiger partial charge in [-0.2, -0.15) is 0 Å². The second-order valence-electron chi connectivity index (χ2n) is 6.30. The van der Waals surface area contributed by atoms with Gasteiger partial charge in [0, 0.05) is 43.4 Å². The van der Waals surface area contributed by atoms with Crippen molar-refractivity contribution < 1.29 is 8.42 Å². The molecule has 0 spiro atoms. The van der Waals surface area contributed by atoms with E-state index in [4.69, 9.17) is 23.2 Å². The van der Waals surface area contributed by atoms with Crippen LogP contribution in [0.15, 0.2) is 58.5 Å². The van der Waals surface area contributed by atoms with E-state index in [1.54, 1.807) is 36.5 Å². The van der Waals surface area contributed by atoms with E-state index in [1.165, 1.54) is 6.07 Å². The van der Waals surface area contributed by atoms with Gasteiger partial charge in [-0.25, -0.2) is 8.42 Å². The Morgan fingerprint density at radius 3 is 2.54 bits per heavy atom. The Bertz CT molecular complexity index is 1120. The highest BCUT2D eigenvalue weighted by atomic mass is 35.5. The SMILES string of the molecule is Cl.O=S(=O)(c1ccc2nccc(N3CCNCC3)c2c1)c1cccc(Cl)c1Cl. The molecule has 1 N–H and O–H groups in total. The summed E-state index contributed by atoms with van der Waals surface area (Å²) in [6.07, 6.45) is 1.75. The molecule has 148 valence electrons. The average molecular weight is 459 g/mol. The number of halogens is 3. The number of aromatic nitrogens is 1. The summed E-state index contributed by atoms with van der Waals surface area (Å²) in [6, 6.07) is 11.5. The van der Waals surface area contributed by atoms with Crippen LogP contribution >= 0.6 is 35.6 Å². The minimum Gasteiger partial charge on any atom is -0.368 e. The van der Waals surface area contributed by atoms with Crippen LogP contribution in [0.3, 0.4) is 0 Å². The molecule has 1 saturated heterocycles. The zero-order valence-electron chi connectivity index (χ0n) is 14.7. The van der Waals surface area contributed by atoms with Crippen molar-refractivity contribution in [1.29, 1.82) is 0 Å². The molecule has 4 rings (SSSR count). The van der Waals surface area contributed by atoms with Gasteiger partial charge in [0.15, 0.2) is 0 Å². The quantitative estimate of drug-likeness (QED) is 0.637. The summed E-state index contributed by atoms with van der Waals surface area (Å²) < 4.78 is 26.3. The third kappa shape index (κ3) is 3.80. The first-order chi connectivity index (χ1) is 13.0. The van der Waals surface area contributed by atoms with Crippen LogP contribution < -0.4 is 10.2 Å². The highest BCUT2D eigenvalue weighted by Crippen LogP contribution is 2.35. The number of nitrogens with zero attached hydrogens (tertiary/aromatic N) is 2. The lowest BCUT2D eigenvalue weighted by molar-refractivity contribution is 0.590. The standard InChI is InChI=1S/C19H17Cl2N3O2S.ClH/c20-15-2-1-3-18(19(15)21)27(25,26)13-4-5-16-14(12-13)17(6-7-23-16)24-10-8-22-9-11-24;/h1-7,12,22H,8-11H2;1H. The number of pyridine rings is 1. The Morgan fingerprint density at radius 2 is 1.79 bits per heavy atom. The van der Waals surface area contributed by atoms with Gasteiger partial charge < -0.3 is 10.2 Å². The van der Waals surface area contributed by atoms with Crippen molar-refractivity contribution in [1.82, 2.24) is 10.3 Å². The molecule has 1 aliphatic heterocycles. The van der Waals surface area contributed by atoms with E-state index in [-0.39, 0.29) is 32.2 Å². The zero-order chi connectivity index (χ0) is 19.0. The number of sulfone groups is 1. The van der Waals surface area contributed by atoms with Crippen LogP contribution in [0.25, 0.3) is 10.9 Å². The van der Waals surface area contributed by atoms with Gasteiger partial charge in [0.25, 0.3) is 0 Å². The smallest absolute Gasteiger partial charge is 0.208 e. The number of anilines is 1. The largest absolute Gasteiger partial charge is 0.368 e. The van der Waals surface area contributed by atoms with Gasteiger partial charge >= 0.3 is 0 Å². The molecule has 1 aliphatic rings. The summed E-state index contributed by atoms with van der Waals surface area (Å²) in [5, 5.41) is 4.37. The van der Waals surface area contributed by atoms with Crippen LogP contribution in [0.2, 0.25) is 10.0 Å². The van der Waals surface area contributed by atoms with Crippen LogP contribution in [-0.2, 0) is 9.84 Å². The van der Waals surface area contributed by atoms with Gasteiger partial charge in [-0.3, -0.25) is 4.98 Å². The van der Waals surface area contributed by atoms with Crippen LogP contribution in [0.4, 0.5) is 5.69 Å². The lowest BCUT2D eigenvalue weighted by atomic mass is 10.1. The molecule has 0 unspecified atom stereocenters. The Labute approximate surface area is 180 Å². The second-order valence-corrected chi connectivity index (χ2v) is 9.00. The monoisotopic (exact) mass is 457 g/mol. The third-order valence-corrected chi connectivity index (χ3v) is 7.39. The molecular weight excluding hydrogens is 441 g/mol. The maximum absolute atomic E-state index is 13.2. The third-order valence-electron chi connectivity index (χ3n) is 4.66. The Hall–Kier alpha value is -1.57. The van der Waals surface area contributed by atoms with Crippen molar-refractivity contribution in [2.75, 3.05) is 31.1 Å². The van der Waals surface area contributed by atoms with E-state index in [1.807, 2.05) is 6.07 Å². The lowest BCUT2D eigenvalue weighted by Crippen LogP contribution is -2.43. The minimum atomic E-state index is -3.81. The van der Waals surface area contributed by atoms with Gasteiger partial charge in [0.05, 0.1) is 25.4 Å². The van der Waals surface area contributed by atoms with Crippen molar-refractivity contribution in [3.05, 3.63) is 58.7 Å². The molecule has 0 aliphatic carbocycles. The normalized spacial score (nSPS) is 14.7. The molecule has 5 nitrogen and oxygen atoms in total. The van der Waals surface area contributed by atoms with Crippen LogP contribution in [0.5, 0.6) is 0 Å². The van der Waals surface area contributed by atoms with Gasteiger partial charge in [0.1, 0.15) is 0 Å². The molecule has 2 aromatic carbocycles. The lowest BCUT2D eigenvalue weighted by Gasteiger charge is -2.30. The number of fused-ring (bicyclic) bond motifs is 1. The Balaban J connectivity index is 0.00000225. The fraction of sp³-hybridized carbons (Fsp3) is 0.211. The summed E-state index contributed by atoms with van der Waals surface area (Å²) >= 11 is 12.2. The average Bonchev–Trinajstić information content (AvgIpc) is 2.69. The first-order valence-electron chi connectivity index (χ1n) is 8.52. The summed E-state index contributed by atoms with van der Waals surface area (Å²) in [7, 11) is -3.81. The van der Waals surface area contributed by atoms with E-state index in [9.17, 15) is 8.42 Å². The minimum absolute atomic E-state index is 0. The van der Waals surface area contributed by atoms with Crippen molar-refractivity contribution in [2.24, 2.45) is 0 Å². The van der Waals surface area contributed by atoms with Crippen LogP contribution in [0.1, 0.15) is 0 Å². The van der Waals surface area contributed by atoms with Crippen molar-refractivity contribution >= 4 is 62.0 Å².